The lowest BCUT2D eigenvalue weighted by Crippen LogP contribution is -2.19. The summed E-state index contributed by atoms with van der Waals surface area (Å²) in [6.07, 6.45) is 3.54. The number of aromatic nitrogens is 2. The minimum atomic E-state index is -0.316. The largest absolute Gasteiger partial charge is 0.465 e. The van der Waals surface area contributed by atoms with Crippen molar-refractivity contribution in [3.8, 4) is 0 Å². The fourth-order valence-corrected chi connectivity index (χ4v) is 1.76. The summed E-state index contributed by atoms with van der Waals surface area (Å²) in [7, 11) is 1.38. The first-order chi connectivity index (χ1) is 9.20. The van der Waals surface area contributed by atoms with Gasteiger partial charge in [-0.25, -0.2) is 9.78 Å². The number of rotatable bonds is 5. The van der Waals surface area contributed by atoms with Crippen LogP contribution >= 0.6 is 0 Å². The predicted octanol–water partition coefficient (Wildman–Crippen LogP) is 2.05. The van der Waals surface area contributed by atoms with E-state index in [-0.39, 0.29) is 12.0 Å². The first-order valence-electron chi connectivity index (χ1n) is 6.10. The van der Waals surface area contributed by atoms with E-state index in [1.807, 2.05) is 19.1 Å². The molecule has 0 amide bonds. The Labute approximate surface area is 112 Å². The van der Waals surface area contributed by atoms with Gasteiger partial charge in [-0.15, -0.1) is 0 Å². The number of nitrogens with one attached hydrogen (secondary N) is 2. The third-order valence-electron chi connectivity index (χ3n) is 2.92. The number of benzene rings is 1. The minimum absolute atomic E-state index is 0.148. The number of esters is 1. The molecule has 19 heavy (non-hydrogen) atoms. The van der Waals surface area contributed by atoms with Gasteiger partial charge in [0, 0.05) is 18.9 Å². The van der Waals surface area contributed by atoms with Crippen molar-refractivity contribution >= 4 is 5.97 Å². The Morgan fingerprint density at radius 3 is 2.74 bits per heavy atom. The quantitative estimate of drug-likeness (QED) is 0.806. The highest BCUT2D eigenvalue weighted by atomic mass is 16.5. The van der Waals surface area contributed by atoms with Gasteiger partial charge in [-0.1, -0.05) is 12.1 Å². The molecule has 1 aromatic heterocycles. The SMILES string of the molecule is COC(=O)c1ccc(CNC(C)c2ncc[nH]2)cc1. The molecule has 1 unspecified atom stereocenters. The zero-order chi connectivity index (χ0) is 13.7. The Morgan fingerprint density at radius 2 is 2.16 bits per heavy atom. The van der Waals surface area contributed by atoms with Crippen LogP contribution in [-0.4, -0.2) is 23.0 Å². The molecule has 0 saturated heterocycles. The molecule has 0 saturated carbocycles. The van der Waals surface area contributed by atoms with Crippen LogP contribution in [-0.2, 0) is 11.3 Å². The second-order valence-electron chi connectivity index (χ2n) is 4.27. The summed E-state index contributed by atoms with van der Waals surface area (Å²) in [5, 5.41) is 3.35. The molecule has 1 atom stereocenters. The van der Waals surface area contributed by atoms with E-state index in [0.717, 1.165) is 11.4 Å². The van der Waals surface area contributed by atoms with Gasteiger partial charge < -0.3 is 15.0 Å². The molecular formula is C14H17N3O2. The van der Waals surface area contributed by atoms with Crippen molar-refractivity contribution in [2.24, 2.45) is 0 Å². The molecule has 2 N–H and O–H groups in total. The summed E-state index contributed by atoms with van der Waals surface area (Å²) in [5.41, 5.74) is 1.66. The second kappa shape index (κ2) is 6.15. The molecule has 1 heterocycles. The molecule has 0 aliphatic rings. The van der Waals surface area contributed by atoms with E-state index in [1.165, 1.54) is 7.11 Å². The molecule has 100 valence electrons. The molecule has 0 aliphatic heterocycles. The highest BCUT2D eigenvalue weighted by Crippen LogP contribution is 2.09. The molecule has 2 rings (SSSR count). The van der Waals surface area contributed by atoms with Crippen LogP contribution in [0.1, 0.15) is 34.7 Å². The average Bonchev–Trinajstić information content (AvgIpc) is 2.98. The fraction of sp³-hybridized carbons (Fsp3) is 0.286. The van der Waals surface area contributed by atoms with Gasteiger partial charge in [0.1, 0.15) is 5.82 Å². The summed E-state index contributed by atoms with van der Waals surface area (Å²) < 4.78 is 4.66. The van der Waals surface area contributed by atoms with Crippen LogP contribution in [0.15, 0.2) is 36.7 Å². The number of nitrogens with zero attached hydrogens (tertiary/aromatic N) is 1. The van der Waals surface area contributed by atoms with E-state index in [2.05, 4.69) is 20.0 Å². The van der Waals surface area contributed by atoms with Crippen molar-refractivity contribution in [2.45, 2.75) is 19.5 Å². The third kappa shape index (κ3) is 3.42. The lowest BCUT2D eigenvalue weighted by Gasteiger charge is -2.11. The summed E-state index contributed by atoms with van der Waals surface area (Å²) in [5.74, 6) is 0.592. The van der Waals surface area contributed by atoms with Crippen molar-refractivity contribution in [3.63, 3.8) is 0 Å². The maximum atomic E-state index is 11.3. The number of methoxy groups -OCH3 is 1. The van der Waals surface area contributed by atoms with Gasteiger partial charge in [0.15, 0.2) is 0 Å². The number of hydrogen-bond donors (Lipinski definition) is 2. The second-order valence-corrected chi connectivity index (χ2v) is 4.27. The molecule has 0 aliphatic carbocycles. The normalized spacial score (nSPS) is 12.1. The fourth-order valence-electron chi connectivity index (χ4n) is 1.76. The zero-order valence-electron chi connectivity index (χ0n) is 11.0. The van der Waals surface area contributed by atoms with Crippen molar-refractivity contribution < 1.29 is 9.53 Å². The van der Waals surface area contributed by atoms with Crippen molar-refractivity contribution in [3.05, 3.63) is 53.6 Å². The van der Waals surface area contributed by atoms with E-state index >= 15 is 0 Å². The topological polar surface area (TPSA) is 67.0 Å². The van der Waals surface area contributed by atoms with Crippen molar-refractivity contribution in [1.82, 2.24) is 15.3 Å². The number of carbonyl (C=O) groups excluding carboxylic acids is 1. The van der Waals surface area contributed by atoms with Gasteiger partial charge in [0.25, 0.3) is 0 Å². The first-order valence-corrected chi connectivity index (χ1v) is 6.10. The van der Waals surface area contributed by atoms with Crippen LogP contribution in [0.4, 0.5) is 0 Å². The summed E-state index contributed by atoms with van der Waals surface area (Å²) in [4.78, 5) is 18.6. The van der Waals surface area contributed by atoms with Crippen LogP contribution in [0.2, 0.25) is 0 Å². The molecular weight excluding hydrogens is 242 g/mol. The molecule has 1 aromatic carbocycles. The Morgan fingerprint density at radius 1 is 1.42 bits per heavy atom. The highest BCUT2D eigenvalue weighted by molar-refractivity contribution is 5.89. The van der Waals surface area contributed by atoms with Gasteiger partial charge >= 0.3 is 5.97 Å². The van der Waals surface area contributed by atoms with Crippen LogP contribution in [0.3, 0.4) is 0 Å². The molecule has 0 radical (unpaired) electrons. The number of ether oxygens (including phenoxy) is 1. The Balaban J connectivity index is 1.91. The highest BCUT2D eigenvalue weighted by Gasteiger charge is 2.07. The Bertz CT molecular complexity index is 520. The van der Waals surface area contributed by atoms with Crippen LogP contribution < -0.4 is 5.32 Å². The first kappa shape index (κ1) is 13.3. The number of H-pyrrole nitrogens is 1. The van der Waals surface area contributed by atoms with Crippen LogP contribution in [0.5, 0.6) is 0 Å². The smallest absolute Gasteiger partial charge is 0.337 e. The molecule has 0 spiro atoms. The zero-order valence-corrected chi connectivity index (χ0v) is 11.0. The number of carbonyl (C=O) groups is 1. The number of imidazole rings is 1. The van der Waals surface area contributed by atoms with E-state index in [9.17, 15) is 4.79 Å². The van der Waals surface area contributed by atoms with E-state index in [1.54, 1.807) is 24.5 Å². The molecule has 5 nitrogen and oxygen atoms in total. The number of aromatic amines is 1. The van der Waals surface area contributed by atoms with E-state index in [0.29, 0.717) is 12.1 Å². The van der Waals surface area contributed by atoms with E-state index < -0.39 is 0 Å². The molecule has 5 heteroatoms. The van der Waals surface area contributed by atoms with Gasteiger partial charge in [0.05, 0.1) is 18.7 Å². The molecule has 2 aromatic rings. The summed E-state index contributed by atoms with van der Waals surface area (Å²) in [6, 6.07) is 7.50. The predicted molar refractivity (Wildman–Crippen MR) is 71.6 cm³/mol. The summed E-state index contributed by atoms with van der Waals surface area (Å²) >= 11 is 0. The van der Waals surface area contributed by atoms with Crippen molar-refractivity contribution in [2.75, 3.05) is 7.11 Å². The minimum Gasteiger partial charge on any atom is -0.465 e. The molecule has 0 bridgehead atoms. The maximum absolute atomic E-state index is 11.3. The monoisotopic (exact) mass is 259 g/mol. The van der Waals surface area contributed by atoms with E-state index in [4.69, 9.17) is 0 Å². The van der Waals surface area contributed by atoms with Crippen LogP contribution in [0.25, 0.3) is 0 Å². The van der Waals surface area contributed by atoms with Gasteiger partial charge in [0.2, 0.25) is 0 Å². The third-order valence-corrected chi connectivity index (χ3v) is 2.92. The lowest BCUT2D eigenvalue weighted by atomic mass is 10.1. The van der Waals surface area contributed by atoms with Gasteiger partial charge in [-0.3, -0.25) is 0 Å². The molecule has 0 fully saturated rings. The Hall–Kier alpha value is -2.14. The summed E-state index contributed by atoms with van der Waals surface area (Å²) in [6.45, 7) is 2.75. The van der Waals surface area contributed by atoms with Gasteiger partial charge in [-0.2, -0.15) is 0 Å². The van der Waals surface area contributed by atoms with Gasteiger partial charge in [-0.05, 0) is 24.6 Å². The standard InChI is InChI=1S/C14H17N3O2/c1-10(13-15-7-8-16-13)17-9-11-3-5-12(6-4-11)14(18)19-2/h3-8,10,17H,9H2,1-2H3,(H,15,16). The number of hydrogen-bond acceptors (Lipinski definition) is 4. The lowest BCUT2D eigenvalue weighted by molar-refractivity contribution is 0.0600. The average molecular weight is 259 g/mol. The van der Waals surface area contributed by atoms with Crippen LogP contribution in [0, 0.1) is 0 Å². The van der Waals surface area contributed by atoms with Crippen molar-refractivity contribution in [1.29, 1.82) is 0 Å². The Kier molecular flexibility index (Phi) is 4.30. The maximum Gasteiger partial charge on any atom is 0.337 e.